The second-order valence-corrected chi connectivity index (χ2v) is 5.66. The zero-order chi connectivity index (χ0) is 18.0. The summed E-state index contributed by atoms with van der Waals surface area (Å²) in [4.78, 5) is 14.1. The molecule has 1 aliphatic rings. The number of rotatable bonds is 3. The Morgan fingerprint density at radius 2 is 1.96 bits per heavy atom. The van der Waals surface area contributed by atoms with Crippen LogP contribution >= 0.6 is 0 Å². The lowest BCUT2D eigenvalue weighted by Crippen LogP contribution is -2.49. The van der Waals surface area contributed by atoms with Crippen LogP contribution in [0.15, 0.2) is 40.8 Å². The topological polar surface area (TPSA) is 69.3 Å². The SMILES string of the molecule is N#Cc1ccc(CN2CCNC(=O)C2c2ccc(C(F)(F)F)cc2)o1. The molecule has 0 bridgehead atoms. The average Bonchev–Trinajstić information content (AvgIpc) is 3.02. The molecule has 0 saturated carbocycles. The number of alkyl halides is 3. The third-order valence-electron chi connectivity index (χ3n) is 4.00. The normalized spacial score (nSPS) is 18.6. The standard InChI is InChI=1S/C17H14F3N3O2/c18-17(19,20)12-3-1-11(2-4-12)15-16(24)22-7-8-23(15)10-14-6-5-13(9-21)25-14/h1-6,15H,7-8,10H2,(H,22,24). The molecular formula is C17H14F3N3O2. The summed E-state index contributed by atoms with van der Waals surface area (Å²) in [6.07, 6.45) is -4.42. The number of nitrogens with one attached hydrogen (secondary N) is 1. The number of nitriles is 1. The van der Waals surface area contributed by atoms with Crippen molar-refractivity contribution in [2.75, 3.05) is 13.1 Å². The van der Waals surface area contributed by atoms with Gasteiger partial charge in [0.15, 0.2) is 0 Å². The van der Waals surface area contributed by atoms with Crippen molar-refractivity contribution in [2.24, 2.45) is 0 Å². The lowest BCUT2D eigenvalue weighted by atomic mass is 10.0. The molecule has 1 saturated heterocycles. The number of halogens is 3. The van der Waals surface area contributed by atoms with Crippen molar-refractivity contribution in [1.29, 1.82) is 5.26 Å². The minimum atomic E-state index is -4.42. The van der Waals surface area contributed by atoms with Crippen LogP contribution in [0.1, 0.15) is 28.7 Å². The second-order valence-electron chi connectivity index (χ2n) is 5.66. The van der Waals surface area contributed by atoms with Crippen molar-refractivity contribution < 1.29 is 22.4 Å². The monoisotopic (exact) mass is 349 g/mol. The van der Waals surface area contributed by atoms with E-state index in [0.717, 1.165) is 12.1 Å². The molecule has 0 spiro atoms. The summed E-state index contributed by atoms with van der Waals surface area (Å²) < 4.78 is 43.5. The molecule has 1 unspecified atom stereocenters. The highest BCUT2D eigenvalue weighted by Crippen LogP contribution is 2.32. The van der Waals surface area contributed by atoms with Gasteiger partial charge < -0.3 is 9.73 Å². The van der Waals surface area contributed by atoms with Gasteiger partial charge in [0.25, 0.3) is 0 Å². The Bertz CT molecular complexity index is 806. The van der Waals surface area contributed by atoms with Crippen LogP contribution in [-0.2, 0) is 17.5 Å². The van der Waals surface area contributed by atoms with Crippen molar-refractivity contribution in [2.45, 2.75) is 18.8 Å². The fraction of sp³-hybridized carbons (Fsp3) is 0.294. The molecule has 1 aromatic carbocycles. The van der Waals surface area contributed by atoms with E-state index < -0.39 is 17.8 Å². The van der Waals surface area contributed by atoms with Crippen molar-refractivity contribution in [3.63, 3.8) is 0 Å². The number of hydrogen-bond acceptors (Lipinski definition) is 4. The Kier molecular flexibility index (Phi) is 4.51. The highest BCUT2D eigenvalue weighted by molar-refractivity contribution is 5.83. The summed E-state index contributed by atoms with van der Waals surface area (Å²) in [6.45, 7) is 1.22. The summed E-state index contributed by atoms with van der Waals surface area (Å²) in [7, 11) is 0. The molecule has 1 N–H and O–H groups in total. The van der Waals surface area contributed by atoms with Crippen molar-refractivity contribution in [1.82, 2.24) is 10.2 Å². The van der Waals surface area contributed by atoms with E-state index in [9.17, 15) is 18.0 Å². The lowest BCUT2D eigenvalue weighted by Gasteiger charge is -2.34. The highest BCUT2D eigenvalue weighted by atomic mass is 19.4. The van der Waals surface area contributed by atoms with E-state index in [-0.39, 0.29) is 18.2 Å². The molecule has 25 heavy (non-hydrogen) atoms. The Morgan fingerprint density at radius 1 is 1.24 bits per heavy atom. The molecule has 1 aliphatic heterocycles. The quantitative estimate of drug-likeness (QED) is 0.925. The third-order valence-corrected chi connectivity index (χ3v) is 4.00. The van der Waals surface area contributed by atoms with Crippen molar-refractivity contribution in [3.05, 3.63) is 59.0 Å². The molecule has 1 atom stereocenters. The van der Waals surface area contributed by atoms with Gasteiger partial charge in [-0.05, 0) is 29.8 Å². The Balaban J connectivity index is 1.85. The zero-order valence-corrected chi connectivity index (χ0v) is 13.0. The summed E-state index contributed by atoms with van der Waals surface area (Å²) in [5.41, 5.74) is -0.291. The minimum Gasteiger partial charge on any atom is -0.449 e. The number of piperazine rings is 1. The first-order chi connectivity index (χ1) is 11.9. The molecule has 2 heterocycles. The molecule has 1 fully saturated rings. The van der Waals surface area contributed by atoms with E-state index in [1.54, 1.807) is 11.0 Å². The van der Waals surface area contributed by atoms with E-state index in [1.165, 1.54) is 18.2 Å². The minimum absolute atomic E-state index is 0.169. The number of furan rings is 1. The molecule has 0 aliphatic carbocycles. The number of carbonyl (C=O) groups excluding carboxylic acids is 1. The first-order valence-corrected chi connectivity index (χ1v) is 7.56. The maximum absolute atomic E-state index is 12.7. The van der Waals surface area contributed by atoms with Crippen LogP contribution in [0.4, 0.5) is 13.2 Å². The summed E-state index contributed by atoms with van der Waals surface area (Å²) in [5, 5.41) is 11.5. The zero-order valence-electron chi connectivity index (χ0n) is 13.0. The predicted molar refractivity (Wildman–Crippen MR) is 81.0 cm³/mol. The van der Waals surface area contributed by atoms with E-state index in [1.807, 2.05) is 6.07 Å². The van der Waals surface area contributed by atoms with E-state index in [2.05, 4.69) is 5.32 Å². The smallest absolute Gasteiger partial charge is 0.416 e. The van der Waals surface area contributed by atoms with Gasteiger partial charge in [0.2, 0.25) is 11.7 Å². The van der Waals surface area contributed by atoms with Gasteiger partial charge in [-0.25, -0.2) is 0 Å². The van der Waals surface area contributed by atoms with Crippen LogP contribution < -0.4 is 5.32 Å². The third kappa shape index (κ3) is 3.67. The van der Waals surface area contributed by atoms with Crippen LogP contribution in [0.5, 0.6) is 0 Å². The average molecular weight is 349 g/mol. The van der Waals surface area contributed by atoms with Crippen LogP contribution in [-0.4, -0.2) is 23.9 Å². The number of nitrogens with zero attached hydrogens (tertiary/aromatic N) is 2. The fourth-order valence-corrected chi connectivity index (χ4v) is 2.82. The lowest BCUT2D eigenvalue weighted by molar-refractivity contribution is -0.137. The summed E-state index contributed by atoms with van der Waals surface area (Å²) >= 11 is 0. The van der Waals surface area contributed by atoms with Crippen LogP contribution in [0.25, 0.3) is 0 Å². The number of amides is 1. The van der Waals surface area contributed by atoms with E-state index >= 15 is 0 Å². The van der Waals surface area contributed by atoms with Gasteiger partial charge >= 0.3 is 6.18 Å². The van der Waals surface area contributed by atoms with Gasteiger partial charge in [-0.3, -0.25) is 9.69 Å². The molecule has 5 nitrogen and oxygen atoms in total. The molecule has 8 heteroatoms. The number of benzene rings is 1. The first kappa shape index (κ1) is 17.0. The van der Waals surface area contributed by atoms with E-state index in [4.69, 9.17) is 9.68 Å². The van der Waals surface area contributed by atoms with Gasteiger partial charge in [-0.2, -0.15) is 18.4 Å². The largest absolute Gasteiger partial charge is 0.449 e. The molecule has 1 amide bonds. The fourth-order valence-electron chi connectivity index (χ4n) is 2.82. The number of carbonyl (C=O) groups is 1. The Labute approximate surface area is 141 Å². The summed E-state index contributed by atoms with van der Waals surface area (Å²) in [6, 6.07) is 8.92. The van der Waals surface area contributed by atoms with E-state index in [0.29, 0.717) is 24.4 Å². The Morgan fingerprint density at radius 3 is 2.56 bits per heavy atom. The van der Waals surface area contributed by atoms with Crippen LogP contribution in [0, 0.1) is 11.3 Å². The predicted octanol–water partition coefficient (Wildman–Crippen LogP) is 2.84. The maximum atomic E-state index is 12.7. The van der Waals surface area contributed by atoms with Gasteiger partial charge in [0, 0.05) is 13.1 Å². The highest BCUT2D eigenvalue weighted by Gasteiger charge is 2.34. The Hall–Kier alpha value is -2.79. The molecule has 130 valence electrons. The van der Waals surface area contributed by atoms with Gasteiger partial charge in [-0.1, -0.05) is 12.1 Å². The molecule has 2 aromatic rings. The first-order valence-electron chi connectivity index (χ1n) is 7.56. The van der Waals surface area contributed by atoms with Crippen LogP contribution in [0.2, 0.25) is 0 Å². The van der Waals surface area contributed by atoms with Crippen LogP contribution in [0.3, 0.4) is 0 Å². The molecule has 0 radical (unpaired) electrons. The van der Waals surface area contributed by atoms with Crippen molar-refractivity contribution >= 4 is 5.91 Å². The number of hydrogen-bond donors (Lipinski definition) is 1. The second kappa shape index (κ2) is 6.61. The van der Waals surface area contributed by atoms with Crippen molar-refractivity contribution in [3.8, 4) is 6.07 Å². The van der Waals surface area contributed by atoms with Gasteiger partial charge in [0.1, 0.15) is 17.9 Å². The molecular weight excluding hydrogens is 335 g/mol. The molecule has 3 rings (SSSR count). The summed E-state index contributed by atoms with van der Waals surface area (Å²) in [5.74, 6) is 0.406. The maximum Gasteiger partial charge on any atom is 0.416 e. The van der Waals surface area contributed by atoms with Gasteiger partial charge in [0.05, 0.1) is 12.1 Å². The molecule has 1 aromatic heterocycles. The van der Waals surface area contributed by atoms with Gasteiger partial charge in [-0.15, -0.1) is 0 Å².